The Bertz CT molecular complexity index is 488. The Kier molecular flexibility index (Phi) is 4.91. The number of alkyl halides is 6. The highest BCUT2D eigenvalue weighted by Crippen LogP contribution is 2.37. The van der Waals surface area contributed by atoms with E-state index in [9.17, 15) is 31.1 Å². The minimum atomic E-state index is -4.87. The summed E-state index contributed by atoms with van der Waals surface area (Å²) < 4.78 is 76.1. The number of halogens is 6. The van der Waals surface area contributed by atoms with Gasteiger partial charge >= 0.3 is 12.4 Å². The van der Waals surface area contributed by atoms with Gasteiger partial charge in [-0.25, -0.2) is 0 Å². The molecule has 21 heavy (non-hydrogen) atoms. The number of hydrogen-bond acceptors (Lipinski definition) is 1. The van der Waals surface area contributed by atoms with E-state index in [1.165, 1.54) is 13.8 Å². The maximum atomic E-state index is 12.7. The smallest absolute Gasteiger partial charge is 0.356 e. The maximum Gasteiger partial charge on any atom is 0.416 e. The van der Waals surface area contributed by atoms with Crippen LogP contribution in [0.4, 0.5) is 26.3 Å². The molecule has 0 aliphatic carbocycles. The van der Waals surface area contributed by atoms with Crippen LogP contribution in [0.2, 0.25) is 0 Å². The summed E-state index contributed by atoms with van der Waals surface area (Å²) in [5, 5.41) is 2.36. The van der Waals surface area contributed by atoms with E-state index in [-0.39, 0.29) is 18.2 Å². The lowest BCUT2D eigenvalue weighted by Crippen LogP contribution is -2.25. The van der Waals surface area contributed by atoms with Crippen LogP contribution in [0.1, 0.15) is 36.5 Å². The summed E-state index contributed by atoms with van der Waals surface area (Å²) in [4.78, 5) is 10.8. The Morgan fingerprint density at radius 3 is 1.81 bits per heavy atom. The number of benzene rings is 1. The summed E-state index contributed by atoms with van der Waals surface area (Å²) in [5.74, 6) is -1.10. The fourth-order valence-corrected chi connectivity index (χ4v) is 1.68. The van der Waals surface area contributed by atoms with Gasteiger partial charge in [-0.1, -0.05) is 6.92 Å². The van der Waals surface area contributed by atoms with Crippen LogP contribution in [0.25, 0.3) is 0 Å². The average Bonchev–Trinajstić information content (AvgIpc) is 2.33. The Labute approximate surface area is 117 Å². The predicted octanol–water partition coefficient (Wildman–Crippen LogP) is 3.96. The zero-order chi connectivity index (χ0) is 16.4. The molecule has 0 aliphatic heterocycles. The highest BCUT2D eigenvalue weighted by Gasteiger charge is 2.37. The van der Waals surface area contributed by atoms with Gasteiger partial charge in [-0.2, -0.15) is 26.3 Å². The zero-order valence-corrected chi connectivity index (χ0v) is 11.2. The van der Waals surface area contributed by atoms with Gasteiger partial charge in [0, 0.05) is 13.5 Å². The zero-order valence-electron chi connectivity index (χ0n) is 11.2. The molecule has 0 bridgehead atoms. The number of hydrogen-bond donors (Lipinski definition) is 1. The van der Waals surface area contributed by atoms with Crippen molar-refractivity contribution >= 4 is 5.91 Å². The van der Waals surface area contributed by atoms with Crippen LogP contribution >= 0.6 is 0 Å². The monoisotopic (exact) mass is 313 g/mol. The van der Waals surface area contributed by atoms with Crippen molar-refractivity contribution in [2.45, 2.75) is 32.1 Å². The van der Waals surface area contributed by atoms with E-state index < -0.39 is 35.3 Å². The molecule has 0 saturated carbocycles. The van der Waals surface area contributed by atoms with Crippen LogP contribution in [0.15, 0.2) is 18.2 Å². The molecule has 1 aromatic rings. The van der Waals surface area contributed by atoms with E-state index >= 15 is 0 Å². The minimum Gasteiger partial charge on any atom is -0.356 e. The summed E-state index contributed by atoms with van der Waals surface area (Å²) in [6.45, 7) is 2.60. The molecule has 0 unspecified atom stereocenters. The van der Waals surface area contributed by atoms with Crippen molar-refractivity contribution in [1.82, 2.24) is 5.32 Å². The first kappa shape index (κ1) is 17.3. The van der Waals surface area contributed by atoms with Gasteiger partial charge < -0.3 is 5.32 Å². The molecule has 8 heteroatoms. The van der Waals surface area contributed by atoms with Crippen molar-refractivity contribution in [2.24, 2.45) is 0 Å². The quantitative estimate of drug-likeness (QED) is 0.841. The van der Waals surface area contributed by atoms with Gasteiger partial charge in [0.1, 0.15) is 0 Å². The Hall–Kier alpha value is -1.73. The third-order valence-electron chi connectivity index (χ3n) is 2.84. The molecule has 0 saturated heterocycles. The Morgan fingerprint density at radius 2 is 1.48 bits per heavy atom. The van der Waals surface area contributed by atoms with Gasteiger partial charge in [-0.15, -0.1) is 0 Å². The van der Waals surface area contributed by atoms with Crippen molar-refractivity contribution < 1.29 is 31.1 Å². The summed E-state index contributed by atoms with van der Waals surface area (Å²) in [7, 11) is 0. The van der Waals surface area contributed by atoms with Crippen molar-refractivity contribution in [3.05, 3.63) is 34.9 Å². The van der Waals surface area contributed by atoms with Crippen LogP contribution < -0.4 is 5.32 Å². The summed E-state index contributed by atoms with van der Waals surface area (Å²) in [5.41, 5.74) is -2.85. The first-order chi connectivity index (χ1) is 9.41. The largest absolute Gasteiger partial charge is 0.416 e. The molecule has 0 aromatic heterocycles. The predicted molar refractivity (Wildman–Crippen MR) is 63.5 cm³/mol. The van der Waals surface area contributed by atoms with Crippen molar-refractivity contribution in [3.8, 4) is 0 Å². The second kappa shape index (κ2) is 5.95. The maximum absolute atomic E-state index is 12.7. The standard InChI is InChI=1S/C13H13F6NO/c1-7(6-20-8(2)21)9-3-10(12(14,15)16)5-11(4-9)13(17,18)19/h3-5,7H,6H2,1-2H3,(H,20,21)/t7-/m0/s1. The van der Waals surface area contributed by atoms with E-state index in [1.807, 2.05) is 0 Å². The Morgan fingerprint density at radius 1 is 1.05 bits per heavy atom. The Balaban J connectivity index is 3.22. The fourth-order valence-electron chi connectivity index (χ4n) is 1.68. The first-order valence-corrected chi connectivity index (χ1v) is 5.95. The lowest BCUT2D eigenvalue weighted by Gasteiger charge is -2.18. The number of rotatable bonds is 3. The van der Waals surface area contributed by atoms with Crippen LogP contribution in [0, 0.1) is 0 Å². The molecule has 0 radical (unpaired) electrons. The van der Waals surface area contributed by atoms with Crippen LogP contribution in [0.3, 0.4) is 0 Å². The van der Waals surface area contributed by atoms with Crippen LogP contribution in [-0.2, 0) is 17.1 Å². The molecule has 0 aliphatic rings. The van der Waals surface area contributed by atoms with Gasteiger partial charge in [0.05, 0.1) is 11.1 Å². The van der Waals surface area contributed by atoms with E-state index in [4.69, 9.17) is 0 Å². The second-order valence-corrected chi connectivity index (χ2v) is 4.68. The van der Waals surface area contributed by atoms with E-state index in [2.05, 4.69) is 5.32 Å². The molecule has 2 nitrogen and oxygen atoms in total. The topological polar surface area (TPSA) is 29.1 Å². The molecule has 1 N–H and O–H groups in total. The number of amides is 1. The molecule has 1 rings (SSSR count). The molecule has 0 heterocycles. The van der Waals surface area contributed by atoms with Crippen LogP contribution in [-0.4, -0.2) is 12.5 Å². The molecule has 1 aromatic carbocycles. The lowest BCUT2D eigenvalue weighted by molar-refractivity contribution is -0.143. The minimum absolute atomic E-state index is 0.0477. The third-order valence-corrected chi connectivity index (χ3v) is 2.84. The summed E-state index contributed by atoms with van der Waals surface area (Å²) >= 11 is 0. The number of nitrogens with one attached hydrogen (secondary N) is 1. The van der Waals surface area contributed by atoms with E-state index in [0.29, 0.717) is 12.1 Å². The molecular weight excluding hydrogens is 300 g/mol. The third kappa shape index (κ3) is 4.95. The highest BCUT2D eigenvalue weighted by molar-refractivity contribution is 5.72. The van der Waals surface area contributed by atoms with Gasteiger partial charge in [0.25, 0.3) is 0 Å². The molecular formula is C13H13F6NO. The lowest BCUT2D eigenvalue weighted by atomic mass is 9.95. The number of carbonyl (C=O) groups excluding carboxylic acids is 1. The van der Waals surface area contributed by atoms with Crippen molar-refractivity contribution in [3.63, 3.8) is 0 Å². The van der Waals surface area contributed by atoms with Gasteiger partial charge in [0.15, 0.2) is 0 Å². The SMILES string of the molecule is CC(=O)NC[C@H](C)c1cc(C(F)(F)F)cc(C(F)(F)F)c1. The van der Waals surface area contributed by atoms with Crippen molar-refractivity contribution in [2.75, 3.05) is 6.54 Å². The first-order valence-electron chi connectivity index (χ1n) is 5.95. The highest BCUT2D eigenvalue weighted by atomic mass is 19.4. The van der Waals surface area contributed by atoms with E-state index in [1.54, 1.807) is 0 Å². The summed E-state index contributed by atoms with van der Waals surface area (Å²) in [6, 6.07) is 1.41. The molecule has 0 spiro atoms. The normalized spacial score (nSPS) is 13.9. The molecule has 0 fully saturated rings. The van der Waals surface area contributed by atoms with Gasteiger partial charge in [0.2, 0.25) is 5.91 Å². The summed E-state index contributed by atoms with van der Waals surface area (Å²) in [6.07, 6.45) is -9.74. The number of carbonyl (C=O) groups is 1. The molecule has 1 amide bonds. The van der Waals surface area contributed by atoms with Crippen molar-refractivity contribution in [1.29, 1.82) is 0 Å². The van der Waals surface area contributed by atoms with Gasteiger partial charge in [-0.05, 0) is 29.7 Å². The molecule has 118 valence electrons. The van der Waals surface area contributed by atoms with Gasteiger partial charge in [-0.3, -0.25) is 4.79 Å². The second-order valence-electron chi connectivity index (χ2n) is 4.68. The van der Waals surface area contributed by atoms with E-state index in [0.717, 1.165) is 0 Å². The average molecular weight is 313 g/mol. The molecule has 1 atom stereocenters. The van der Waals surface area contributed by atoms with Crippen LogP contribution in [0.5, 0.6) is 0 Å². The fraction of sp³-hybridized carbons (Fsp3) is 0.462.